The van der Waals surface area contributed by atoms with Gasteiger partial charge in [0.1, 0.15) is 0 Å². The Morgan fingerprint density at radius 3 is 2.33 bits per heavy atom. The molecule has 0 spiro atoms. The molecule has 21 heavy (non-hydrogen) atoms. The normalized spacial score (nSPS) is 10.9. The van der Waals surface area contributed by atoms with E-state index in [9.17, 15) is 0 Å². The predicted octanol–water partition coefficient (Wildman–Crippen LogP) is 5.60. The van der Waals surface area contributed by atoms with Crippen LogP contribution in [0.25, 0.3) is 17.0 Å². The molecule has 2 rings (SSSR count). The van der Waals surface area contributed by atoms with Crippen LogP contribution in [-0.4, -0.2) is 9.97 Å². The van der Waals surface area contributed by atoms with Crippen molar-refractivity contribution in [2.24, 2.45) is 0 Å². The van der Waals surface area contributed by atoms with E-state index in [1.54, 1.807) is 0 Å². The number of nitrogens with zero attached hydrogens (tertiary/aromatic N) is 2. The van der Waals surface area contributed by atoms with E-state index >= 15 is 0 Å². The number of hydrogen-bond donors (Lipinski definition) is 0. The van der Waals surface area contributed by atoms with Crippen LogP contribution in [0.3, 0.4) is 0 Å². The molecule has 0 bridgehead atoms. The van der Waals surface area contributed by atoms with Crippen LogP contribution in [0, 0.1) is 13.8 Å². The SMILES string of the molecule is CC.CC/C=C(\C)c1ccc(C)c(-c2ncccc2C)n1. The van der Waals surface area contributed by atoms with Gasteiger partial charge in [-0.2, -0.15) is 0 Å². The summed E-state index contributed by atoms with van der Waals surface area (Å²) in [5.74, 6) is 0. The largest absolute Gasteiger partial charge is 0.254 e. The molecule has 0 aromatic carbocycles. The molecular formula is C19H26N2. The molecule has 0 fully saturated rings. The maximum Gasteiger partial charge on any atom is 0.0925 e. The molecule has 0 saturated carbocycles. The minimum absolute atomic E-state index is 0.978. The van der Waals surface area contributed by atoms with Crippen molar-refractivity contribution in [3.05, 3.63) is 53.4 Å². The third-order valence-electron chi connectivity index (χ3n) is 3.25. The van der Waals surface area contributed by atoms with Crippen molar-refractivity contribution in [3.63, 3.8) is 0 Å². The monoisotopic (exact) mass is 282 g/mol. The van der Waals surface area contributed by atoms with Gasteiger partial charge in [-0.25, -0.2) is 4.98 Å². The molecule has 0 aliphatic heterocycles. The molecule has 2 aromatic heterocycles. The Bertz CT molecular complexity index is 613. The van der Waals surface area contributed by atoms with Crippen LogP contribution in [-0.2, 0) is 0 Å². The molecule has 0 unspecified atom stereocenters. The molecule has 0 N–H and O–H groups in total. The topological polar surface area (TPSA) is 25.8 Å². The summed E-state index contributed by atoms with van der Waals surface area (Å²) in [7, 11) is 0. The Kier molecular flexibility index (Phi) is 6.80. The summed E-state index contributed by atoms with van der Waals surface area (Å²) >= 11 is 0. The van der Waals surface area contributed by atoms with Gasteiger partial charge in [-0.1, -0.05) is 39.0 Å². The third-order valence-corrected chi connectivity index (χ3v) is 3.25. The van der Waals surface area contributed by atoms with Crippen molar-refractivity contribution < 1.29 is 0 Å². The van der Waals surface area contributed by atoms with E-state index in [1.165, 1.54) is 5.57 Å². The zero-order valence-corrected chi connectivity index (χ0v) is 14.1. The lowest BCUT2D eigenvalue weighted by molar-refractivity contribution is 1.16. The van der Waals surface area contributed by atoms with Crippen LogP contribution in [0.1, 0.15) is 50.9 Å². The highest BCUT2D eigenvalue weighted by Gasteiger charge is 2.09. The number of aryl methyl sites for hydroxylation is 2. The van der Waals surface area contributed by atoms with Crippen LogP contribution < -0.4 is 0 Å². The first kappa shape index (κ1) is 17.1. The van der Waals surface area contributed by atoms with Gasteiger partial charge in [0.05, 0.1) is 17.1 Å². The summed E-state index contributed by atoms with van der Waals surface area (Å²) < 4.78 is 0. The second kappa shape index (κ2) is 8.35. The number of hydrogen-bond acceptors (Lipinski definition) is 2. The van der Waals surface area contributed by atoms with Crippen molar-refractivity contribution >= 4 is 5.57 Å². The first-order valence-electron chi connectivity index (χ1n) is 7.70. The number of pyridine rings is 2. The van der Waals surface area contributed by atoms with Gasteiger partial charge in [0.25, 0.3) is 0 Å². The summed E-state index contributed by atoms with van der Waals surface area (Å²) in [5.41, 5.74) is 6.54. The standard InChI is InChI=1S/C17H20N2.C2H6/c1-5-7-12(2)15-10-9-14(4)17(19-15)16-13(3)8-6-11-18-16;1-2/h6-11H,5H2,1-4H3;1-2H3/b12-7+;. The summed E-state index contributed by atoms with van der Waals surface area (Å²) in [6.07, 6.45) is 5.05. The van der Waals surface area contributed by atoms with Gasteiger partial charge < -0.3 is 0 Å². The molecule has 2 heteroatoms. The maximum absolute atomic E-state index is 4.79. The Morgan fingerprint density at radius 1 is 1.05 bits per heavy atom. The van der Waals surface area contributed by atoms with E-state index in [2.05, 4.69) is 57.0 Å². The minimum atomic E-state index is 0.978. The van der Waals surface area contributed by atoms with Crippen molar-refractivity contribution in [2.75, 3.05) is 0 Å². The van der Waals surface area contributed by atoms with Gasteiger partial charge in [-0.15, -0.1) is 0 Å². The van der Waals surface area contributed by atoms with Crippen LogP contribution in [0.15, 0.2) is 36.5 Å². The number of aromatic nitrogens is 2. The van der Waals surface area contributed by atoms with E-state index in [4.69, 9.17) is 4.98 Å². The zero-order chi connectivity index (χ0) is 15.8. The summed E-state index contributed by atoms with van der Waals surface area (Å²) in [6, 6.07) is 8.24. The average Bonchev–Trinajstić information content (AvgIpc) is 2.51. The van der Waals surface area contributed by atoms with Crippen molar-refractivity contribution in [3.8, 4) is 11.4 Å². The van der Waals surface area contributed by atoms with Crippen LogP contribution in [0.5, 0.6) is 0 Å². The third kappa shape index (κ3) is 4.25. The lowest BCUT2D eigenvalue weighted by Gasteiger charge is -2.10. The molecule has 0 aliphatic carbocycles. The van der Waals surface area contributed by atoms with Crippen LogP contribution >= 0.6 is 0 Å². The molecule has 0 atom stereocenters. The van der Waals surface area contributed by atoms with E-state index in [1.807, 2.05) is 26.1 Å². The van der Waals surface area contributed by atoms with Gasteiger partial charge in [0.2, 0.25) is 0 Å². The molecule has 0 amide bonds. The Balaban J connectivity index is 0.00000106. The van der Waals surface area contributed by atoms with Gasteiger partial charge in [0, 0.05) is 6.20 Å². The van der Waals surface area contributed by atoms with E-state index in [0.717, 1.165) is 34.6 Å². The highest BCUT2D eigenvalue weighted by molar-refractivity contribution is 5.67. The summed E-state index contributed by atoms with van der Waals surface area (Å²) in [5, 5.41) is 0. The van der Waals surface area contributed by atoms with E-state index in [0.29, 0.717) is 0 Å². The Morgan fingerprint density at radius 2 is 1.71 bits per heavy atom. The second-order valence-electron chi connectivity index (χ2n) is 4.83. The highest BCUT2D eigenvalue weighted by Crippen LogP contribution is 2.24. The van der Waals surface area contributed by atoms with Gasteiger partial charge in [-0.05, 0) is 56.0 Å². The molecule has 0 saturated heterocycles. The lowest BCUT2D eigenvalue weighted by atomic mass is 10.1. The minimum Gasteiger partial charge on any atom is -0.254 e. The zero-order valence-electron chi connectivity index (χ0n) is 14.1. The van der Waals surface area contributed by atoms with Gasteiger partial charge >= 0.3 is 0 Å². The lowest BCUT2D eigenvalue weighted by Crippen LogP contribution is -1.97. The van der Waals surface area contributed by atoms with Gasteiger partial charge in [-0.3, -0.25) is 4.98 Å². The van der Waals surface area contributed by atoms with E-state index in [-0.39, 0.29) is 0 Å². The van der Waals surface area contributed by atoms with Crippen LogP contribution in [0.2, 0.25) is 0 Å². The quantitative estimate of drug-likeness (QED) is 0.732. The Labute approximate surface area is 129 Å². The van der Waals surface area contributed by atoms with Crippen molar-refractivity contribution in [2.45, 2.75) is 48.0 Å². The van der Waals surface area contributed by atoms with Crippen molar-refractivity contribution in [1.82, 2.24) is 9.97 Å². The molecule has 112 valence electrons. The number of rotatable bonds is 3. The van der Waals surface area contributed by atoms with Crippen molar-refractivity contribution in [1.29, 1.82) is 0 Å². The van der Waals surface area contributed by atoms with Crippen LogP contribution in [0.4, 0.5) is 0 Å². The maximum atomic E-state index is 4.79. The molecular weight excluding hydrogens is 256 g/mol. The fourth-order valence-corrected chi connectivity index (χ4v) is 2.13. The first-order chi connectivity index (χ1) is 10.1. The summed E-state index contributed by atoms with van der Waals surface area (Å²) in [6.45, 7) is 12.4. The fourth-order valence-electron chi connectivity index (χ4n) is 2.13. The number of allylic oxidation sites excluding steroid dienone is 2. The smallest absolute Gasteiger partial charge is 0.0925 e. The second-order valence-corrected chi connectivity index (χ2v) is 4.83. The summed E-state index contributed by atoms with van der Waals surface area (Å²) in [4.78, 5) is 9.26. The first-order valence-corrected chi connectivity index (χ1v) is 7.70. The predicted molar refractivity (Wildman–Crippen MR) is 92.2 cm³/mol. The molecule has 0 aliphatic rings. The molecule has 2 aromatic rings. The van der Waals surface area contributed by atoms with E-state index < -0.39 is 0 Å². The molecule has 2 nitrogen and oxygen atoms in total. The van der Waals surface area contributed by atoms with Gasteiger partial charge in [0.15, 0.2) is 0 Å². The Hall–Kier alpha value is -1.96. The fraction of sp³-hybridized carbons (Fsp3) is 0.368. The average molecular weight is 282 g/mol. The molecule has 0 radical (unpaired) electrons. The molecule has 2 heterocycles. The highest BCUT2D eigenvalue weighted by atomic mass is 14.8.